The summed E-state index contributed by atoms with van der Waals surface area (Å²) in [5, 5.41) is 3.57. The van der Waals surface area contributed by atoms with Gasteiger partial charge in [-0.1, -0.05) is 23.9 Å². The summed E-state index contributed by atoms with van der Waals surface area (Å²) in [4.78, 5) is 33.1. The van der Waals surface area contributed by atoms with Gasteiger partial charge in [-0.3, -0.25) is 14.5 Å². The smallest absolute Gasteiger partial charge is 0.257 e. The molecule has 1 aromatic heterocycles. The van der Waals surface area contributed by atoms with Crippen molar-refractivity contribution < 1.29 is 14.0 Å². The van der Waals surface area contributed by atoms with Crippen LogP contribution in [0.2, 0.25) is 0 Å². The molecular formula is C19H24N4O3S. The number of nitrogens with one attached hydrogen (secondary N) is 1. The maximum absolute atomic E-state index is 12.5. The lowest BCUT2D eigenvalue weighted by Gasteiger charge is -2.37. The molecule has 2 aromatic rings. The minimum atomic E-state index is -0.142. The highest BCUT2D eigenvalue weighted by molar-refractivity contribution is 7.99. The quantitative estimate of drug-likeness (QED) is 0.760. The molecule has 7 nitrogen and oxygen atoms in total. The van der Waals surface area contributed by atoms with E-state index in [1.807, 2.05) is 36.1 Å². The van der Waals surface area contributed by atoms with Gasteiger partial charge in [0.15, 0.2) is 5.58 Å². The Morgan fingerprint density at radius 2 is 2.00 bits per heavy atom. The molecule has 0 spiro atoms. The minimum absolute atomic E-state index is 0.0805. The number of piperazine rings is 1. The number of benzene rings is 1. The Balaban J connectivity index is 1.23. The molecule has 0 radical (unpaired) electrons. The van der Waals surface area contributed by atoms with E-state index in [4.69, 9.17) is 4.42 Å². The highest BCUT2D eigenvalue weighted by Gasteiger charge is 2.30. The summed E-state index contributed by atoms with van der Waals surface area (Å²) in [5.74, 6) is 0.491. The second kappa shape index (κ2) is 7.90. The first-order valence-corrected chi connectivity index (χ1v) is 10.4. The number of aromatic nitrogens is 1. The topological polar surface area (TPSA) is 78.7 Å². The molecule has 1 unspecified atom stereocenters. The van der Waals surface area contributed by atoms with Crippen LogP contribution in [0.1, 0.15) is 19.8 Å². The number of fused-ring (bicyclic) bond motifs is 1. The molecule has 8 heteroatoms. The van der Waals surface area contributed by atoms with Gasteiger partial charge in [0.25, 0.3) is 5.22 Å². The zero-order chi connectivity index (χ0) is 18.8. The van der Waals surface area contributed by atoms with E-state index in [1.54, 1.807) is 0 Å². The number of nitrogens with zero attached hydrogens (tertiary/aromatic N) is 3. The zero-order valence-electron chi connectivity index (χ0n) is 15.4. The number of amides is 2. The van der Waals surface area contributed by atoms with Gasteiger partial charge in [-0.15, -0.1) is 0 Å². The Bertz CT molecular complexity index is 794. The number of rotatable bonds is 6. The summed E-state index contributed by atoms with van der Waals surface area (Å²) in [7, 11) is 0. The van der Waals surface area contributed by atoms with Crippen molar-refractivity contribution in [2.24, 2.45) is 0 Å². The van der Waals surface area contributed by atoms with Crippen molar-refractivity contribution in [2.45, 2.75) is 37.1 Å². The van der Waals surface area contributed by atoms with Crippen LogP contribution in [-0.2, 0) is 9.59 Å². The summed E-state index contributed by atoms with van der Waals surface area (Å²) in [5.41, 5.74) is 1.54. The lowest BCUT2D eigenvalue weighted by atomic mass is 10.2. The number of carbonyl (C=O) groups excluding carboxylic acids is 2. The first-order chi connectivity index (χ1) is 13.1. The molecule has 2 amide bonds. The summed E-state index contributed by atoms with van der Waals surface area (Å²) < 4.78 is 5.65. The molecule has 1 N–H and O–H groups in total. The predicted molar refractivity (Wildman–Crippen MR) is 104 cm³/mol. The van der Waals surface area contributed by atoms with Gasteiger partial charge in [0, 0.05) is 32.2 Å². The molecule has 1 aliphatic carbocycles. The third kappa shape index (κ3) is 4.44. The Morgan fingerprint density at radius 1 is 1.26 bits per heavy atom. The van der Waals surface area contributed by atoms with Gasteiger partial charge >= 0.3 is 0 Å². The number of thioether (sulfide) groups is 1. The Kier molecular flexibility index (Phi) is 5.36. The van der Waals surface area contributed by atoms with E-state index >= 15 is 0 Å². The van der Waals surface area contributed by atoms with Crippen molar-refractivity contribution in [3.63, 3.8) is 0 Å². The fraction of sp³-hybridized carbons (Fsp3) is 0.526. The normalized spacial score (nSPS) is 19.2. The summed E-state index contributed by atoms with van der Waals surface area (Å²) in [6, 6.07) is 7.82. The molecule has 144 valence electrons. The van der Waals surface area contributed by atoms with Crippen molar-refractivity contribution in [3.05, 3.63) is 24.3 Å². The first kappa shape index (κ1) is 18.3. The van der Waals surface area contributed by atoms with Gasteiger partial charge < -0.3 is 14.6 Å². The van der Waals surface area contributed by atoms with Crippen LogP contribution < -0.4 is 5.32 Å². The largest absolute Gasteiger partial charge is 0.431 e. The second-order valence-electron chi connectivity index (χ2n) is 7.11. The molecule has 1 aliphatic heterocycles. The monoisotopic (exact) mass is 388 g/mol. The average Bonchev–Trinajstić information content (AvgIpc) is 3.41. The Hall–Kier alpha value is -2.06. The van der Waals surface area contributed by atoms with Crippen molar-refractivity contribution >= 4 is 34.7 Å². The van der Waals surface area contributed by atoms with Gasteiger partial charge in [-0.25, -0.2) is 4.98 Å². The highest BCUT2D eigenvalue weighted by atomic mass is 32.2. The Morgan fingerprint density at radius 3 is 2.70 bits per heavy atom. The number of carbonyl (C=O) groups is 2. The highest BCUT2D eigenvalue weighted by Crippen LogP contribution is 2.23. The number of hydrogen-bond acceptors (Lipinski definition) is 6. The maximum Gasteiger partial charge on any atom is 0.257 e. The molecule has 1 saturated carbocycles. The van der Waals surface area contributed by atoms with Gasteiger partial charge in [0.1, 0.15) is 5.52 Å². The van der Waals surface area contributed by atoms with Crippen molar-refractivity contribution in [3.8, 4) is 0 Å². The van der Waals surface area contributed by atoms with Crippen molar-refractivity contribution in [1.29, 1.82) is 0 Å². The number of hydrogen-bond donors (Lipinski definition) is 1. The lowest BCUT2D eigenvalue weighted by molar-refractivity contribution is -0.131. The zero-order valence-corrected chi connectivity index (χ0v) is 16.2. The number of oxazole rings is 1. The van der Waals surface area contributed by atoms with Crippen LogP contribution in [0.5, 0.6) is 0 Å². The standard InChI is InChI=1S/C19H24N4O3S/c1-13(18(25)20-14-6-7-14)22-8-10-23(11-9-22)17(24)12-27-19-21-15-4-2-3-5-16(15)26-19/h2-5,13-14H,6-12H2,1H3,(H,20,25). The van der Waals surface area contributed by atoms with Gasteiger partial charge in [-0.05, 0) is 31.9 Å². The van der Waals surface area contributed by atoms with Crippen LogP contribution in [-0.4, -0.2) is 70.6 Å². The van der Waals surface area contributed by atoms with Crippen LogP contribution in [0, 0.1) is 0 Å². The van der Waals surface area contributed by atoms with E-state index in [9.17, 15) is 9.59 Å². The Labute approximate surface area is 162 Å². The first-order valence-electron chi connectivity index (χ1n) is 9.41. The van der Waals surface area contributed by atoms with Gasteiger partial charge in [0.2, 0.25) is 11.8 Å². The predicted octanol–water partition coefficient (Wildman–Crippen LogP) is 1.73. The fourth-order valence-electron chi connectivity index (χ4n) is 3.20. The van der Waals surface area contributed by atoms with Crippen LogP contribution in [0.15, 0.2) is 33.9 Å². The summed E-state index contributed by atoms with van der Waals surface area (Å²) in [6.45, 7) is 4.68. The number of para-hydroxylation sites is 2. The molecule has 1 aromatic carbocycles. The van der Waals surface area contributed by atoms with Crippen molar-refractivity contribution in [2.75, 3.05) is 31.9 Å². The van der Waals surface area contributed by atoms with Gasteiger partial charge in [-0.2, -0.15) is 0 Å². The van der Waals surface area contributed by atoms with E-state index in [-0.39, 0.29) is 17.9 Å². The van der Waals surface area contributed by atoms with E-state index in [0.717, 1.165) is 37.0 Å². The van der Waals surface area contributed by atoms with Crippen LogP contribution in [0.4, 0.5) is 0 Å². The third-order valence-electron chi connectivity index (χ3n) is 5.11. The third-order valence-corrected chi connectivity index (χ3v) is 5.92. The van der Waals surface area contributed by atoms with Crippen LogP contribution in [0.3, 0.4) is 0 Å². The maximum atomic E-state index is 12.5. The molecule has 1 saturated heterocycles. The molecule has 4 rings (SSSR count). The van der Waals surface area contributed by atoms with E-state index in [0.29, 0.717) is 30.1 Å². The molecule has 0 bridgehead atoms. The SMILES string of the molecule is CC(C(=O)NC1CC1)N1CCN(C(=O)CSc2nc3ccccc3o2)CC1. The minimum Gasteiger partial charge on any atom is -0.431 e. The summed E-state index contributed by atoms with van der Waals surface area (Å²) in [6.07, 6.45) is 2.19. The lowest BCUT2D eigenvalue weighted by Crippen LogP contribution is -2.55. The van der Waals surface area contributed by atoms with E-state index in [1.165, 1.54) is 11.8 Å². The molecular weight excluding hydrogens is 364 g/mol. The van der Waals surface area contributed by atoms with E-state index < -0.39 is 0 Å². The van der Waals surface area contributed by atoms with Crippen molar-refractivity contribution in [1.82, 2.24) is 20.1 Å². The van der Waals surface area contributed by atoms with Crippen LogP contribution in [0.25, 0.3) is 11.1 Å². The van der Waals surface area contributed by atoms with Gasteiger partial charge in [0.05, 0.1) is 11.8 Å². The molecule has 2 fully saturated rings. The fourth-order valence-corrected chi connectivity index (χ4v) is 3.94. The molecule has 1 atom stereocenters. The molecule has 2 heterocycles. The molecule has 2 aliphatic rings. The second-order valence-corrected chi connectivity index (χ2v) is 8.04. The summed E-state index contributed by atoms with van der Waals surface area (Å²) >= 11 is 1.33. The molecule has 27 heavy (non-hydrogen) atoms. The van der Waals surface area contributed by atoms with Crippen LogP contribution >= 0.6 is 11.8 Å². The average molecular weight is 388 g/mol. The van der Waals surface area contributed by atoms with E-state index in [2.05, 4.69) is 15.2 Å².